The van der Waals surface area contributed by atoms with Gasteiger partial charge < -0.3 is 19.5 Å². The second-order valence-electron chi connectivity index (χ2n) is 6.33. The van der Waals surface area contributed by atoms with E-state index >= 15 is 0 Å². The summed E-state index contributed by atoms with van der Waals surface area (Å²) >= 11 is 18.7. The lowest BCUT2D eigenvalue weighted by Gasteiger charge is -2.14. The Morgan fingerprint density at radius 1 is 1.16 bits per heavy atom. The van der Waals surface area contributed by atoms with Gasteiger partial charge in [0.2, 0.25) is 0 Å². The quantitative estimate of drug-likeness (QED) is 0.209. The van der Waals surface area contributed by atoms with Crippen LogP contribution in [0.1, 0.15) is 11.1 Å². The fraction of sp³-hybridized carbons (Fsp3) is 0.182. The molecule has 0 unspecified atom stereocenters. The summed E-state index contributed by atoms with van der Waals surface area (Å²) in [6.07, 6.45) is 4.22. The van der Waals surface area contributed by atoms with E-state index in [4.69, 9.17) is 49.6 Å². The van der Waals surface area contributed by atoms with Crippen LogP contribution in [-0.4, -0.2) is 30.6 Å². The zero-order valence-corrected chi connectivity index (χ0v) is 19.7. The molecule has 1 heterocycles. The number of methoxy groups -OCH3 is 1. The van der Waals surface area contributed by atoms with Gasteiger partial charge >= 0.3 is 0 Å². The van der Waals surface area contributed by atoms with E-state index in [-0.39, 0.29) is 19.1 Å². The molecule has 0 aromatic heterocycles. The maximum absolute atomic E-state index is 12.0. The Bertz CT molecular complexity index is 1060. The lowest BCUT2D eigenvalue weighted by molar-refractivity contribution is -0.115. The number of ether oxygens (including phenoxy) is 3. The molecule has 1 aliphatic rings. The predicted molar refractivity (Wildman–Crippen MR) is 131 cm³/mol. The number of nitrogens with one attached hydrogen (secondary N) is 1. The molecule has 3 rings (SSSR count). The summed E-state index contributed by atoms with van der Waals surface area (Å²) in [5, 5.41) is 3.33. The van der Waals surface area contributed by atoms with E-state index in [1.807, 2.05) is 24.3 Å². The number of allylic oxidation sites excluding steroid dienone is 1. The largest absolute Gasteiger partial charge is 0.493 e. The summed E-state index contributed by atoms with van der Waals surface area (Å²) in [4.78, 5) is 12.4. The Kier molecular flexibility index (Phi) is 8.26. The Balaban J connectivity index is 1.70. The molecule has 2 aromatic rings. The molecule has 0 radical (unpaired) electrons. The smallest absolute Gasteiger partial charge is 0.263 e. The molecule has 1 aliphatic heterocycles. The third-order valence-corrected chi connectivity index (χ3v) is 5.82. The molecule has 1 N–H and O–H groups in total. The number of amides is 1. The molecule has 1 amide bonds. The van der Waals surface area contributed by atoms with Crippen molar-refractivity contribution >= 4 is 63.5 Å². The number of hydrogen-bond donors (Lipinski definition) is 1. The summed E-state index contributed by atoms with van der Waals surface area (Å²) in [7, 11) is 1.59. The molecule has 0 spiro atoms. The van der Waals surface area contributed by atoms with Crippen molar-refractivity contribution in [1.29, 1.82) is 0 Å². The molecule has 0 aliphatic carbocycles. The Morgan fingerprint density at radius 2 is 1.94 bits per heavy atom. The van der Waals surface area contributed by atoms with Gasteiger partial charge in [-0.25, -0.2) is 0 Å². The van der Waals surface area contributed by atoms with Gasteiger partial charge in [0.25, 0.3) is 5.91 Å². The molecule has 31 heavy (non-hydrogen) atoms. The lowest BCUT2D eigenvalue weighted by atomic mass is 10.1. The van der Waals surface area contributed by atoms with Gasteiger partial charge in [0.1, 0.15) is 23.3 Å². The van der Waals surface area contributed by atoms with Gasteiger partial charge in [0.15, 0.2) is 11.5 Å². The van der Waals surface area contributed by atoms with Crippen molar-refractivity contribution in [3.8, 4) is 17.2 Å². The van der Waals surface area contributed by atoms with Gasteiger partial charge in [-0.1, -0.05) is 59.3 Å². The summed E-state index contributed by atoms with van der Waals surface area (Å²) < 4.78 is 17.5. The summed E-state index contributed by atoms with van der Waals surface area (Å²) in [5.74, 6) is 1.37. The predicted octanol–water partition coefficient (Wildman–Crippen LogP) is 5.68. The first-order valence-corrected chi connectivity index (χ1v) is 11.2. The number of carbonyl (C=O) groups is 1. The second kappa shape index (κ2) is 10.9. The van der Waals surface area contributed by atoms with Crippen LogP contribution >= 0.6 is 47.2 Å². The molecule has 0 atom stereocenters. The minimum absolute atomic E-state index is 0.215. The highest BCUT2D eigenvalue weighted by molar-refractivity contribution is 8.26. The average molecular weight is 496 g/mol. The number of thiocarbonyl (C=S) groups is 1. The SMILES string of the molecule is C=CCc1ccc(OCCOc2c(Cl)cc(Cl)cc2/C=C2\SC(=S)NC2=O)c(OC)c1. The summed E-state index contributed by atoms with van der Waals surface area (Å²) in [6.45, 7) is 4.21. The zero-order chi connectivity index (χ0) is 22.4. The van der Waals surface area contributed by atoms with Gasteiger partial charge in [-0.05, 0) is 42.3 Å². The van der Waals surface area contributed by atoms with E-state index in [2.05, 4.69) is 11.9 Å². The highest BCUT2D eigenvalue weighted by Gasteiger charge is 2.23. The van der Waals surface area contributed by atoms with E-state index < -0.39 is 0 Å². The van der Waals surface area contributed by atoms with Gasteiger partial charge in [-0.15, -0.1) is 6.58 Å². The van der Waals surface area contributed by atoms with Gasteiger partial charge in [-0.2, -0.15) is 0 Å². The third-order valence-electron chi connectivity index (χ3n) is 4.16. The lowest BCUT2D eigenvalue weighted by Crippen LogP contribution is -2.17. The molecule has 0 saturated carbocycles. The third kappa shape index (κ3) is 6.17. The molecule has 9 heteroatoms. The van der Waals surface area contributed by atoms with Gasteiger partial charge in [0, 0.05) is 10.6 Å². The van der Waals surface area contributed by atoms with Crippen molar-refractivity contribution in [2.45, 2.75) is 6.42 Å². The van der Waals surface area contributed by atoms with E-state index in [9.17, 15) is 4.79 Å². The maximum atomic E-state index is 12.0. The molecule has 2 aromatic carbocycles. The van der Waals surface area contributed by atoms with Crippen LogP contribution in [-0.2, 0) is 11.2 Å². The van der Waals surface area contributed by atoms with Crippen LogP contribution in [0.5, 0.6) is 17.2 Å². The standard InChI is InChI=1S/C22H19Cl2NO4S2/c1-3-4-13-5-6-17(18(9-13)27-2)28-7-8-29-20-14(10-15(23)12-16(20)24)11-19-21(26)25-22(30)31-19/h3,5-6,9-12H,1,4,7-8H2,2H3,(H,25,26,30)/b19-11-. The average Bonchev–Trinajstić information content (AvgIpc) is 3.04. The zero-order valence-electron chi connectivity index (χ0n) is 16.6. The Hall–Kier alpha value is -2.19. The second-order valence-corrected chi connectivity index (χ2v) is 8.90. The minimum Gasteiger partial charge on any atom is -0.493 e. The van der Waals surface area contributed by atoms with Crippen LogP contribution in [0.25, 0.3) is 6.08 Å². The number of benzene rings is 2. The molecule has 5 nitrogen and oxygen atoms in total. The minimum atomic E-state index is -0.271. The molecular formula is C22H19Cl2NO4S2. The molecule has 162 valence electrons. The van der Waals surface area contributed by atoms with E-state index in [0.29, 0.717) is 42.1 Å². The normalized spacial score (nSPS) is 14.5. The topological polar surface area (TPSA) is 56.8 Å². The summed E-state index contributed by atoms with van der Waals surface area (Å²) in [6, 6.07) is 8.96. The molecule has 1 saturated heterocycles. The van der Waals surface area contributed by atoms with Gasteiger partial charge in [-0.3, -0.25) is 4.79 Å². The van der Waals surface area contributed by atoms with Crippen molar-refractivity contribution in [2.75, 3.05) is 20.3 Å². The number of hydrogen-bond acceptors (Lipinski definition) is 6. The number of thioether (sulfide) groups is 1. The van der Waals surface area contributed by atoms with Gasteiger partial charge in [0.05, 0.1) is 17.0 Å². The van der Waals surface area contributed by atoms with E-state index in [1.165, 1.54) is 11.8 Å². The first-order valence-electron chi connectivity index (χ1n) is 9.18. The monoisotopic (exact) mass is 495 g/mol. The molecule has 0 bridgehead atoms. The van der Waals surface area contributed by atoms with Crippen molar-refractivity contribution in [2.24, 2.45) is 0 Å². The van der Waals surface area contributed by atoms with Crippen LogP contribution in [0, 0.1) is 0 Å². The molecule has 1 fully saturated rings. The van der Waals surface area contributed by atoms with Crippen LogP contribution in [0.15, 0.2) is 47.9 Å². The summed E-state index contributed by atoms with van der Waals surface area (Å²) in [5.41, 5.74) is 1.65. The first-order chi connectivity index (χ1) is 14.9. The maximum Gasteiger partial charge on any atom is 0.263 e. The highest BCUT2D eigenvalue weighted by Crippen LogP contribution is 2.36. The Labute approximate surface area is 200 Å². The van der Waals surface area contributed by atoms with Crippen LogP contribution in [0.4, 0.5) is 0 Å². The van der Waals surface area contributed by atoms with Crippen molar-refractivity contribution < 1.29 is 19.0 Å². The first kappa shape index (κ1) is 23.5. The van der Waals surface area contributed by atoms with Crippen molar-refractivity contribution in [1.82, 2.24) is 5.32 Å². The number of halogens is 2. The highest BCUT2D eigenvalue weighted by atomic mass is 35.5. The molecular weight excluding hydrogens is 477 g/mol. The van der Waals surface area contributed by atoms with E-state index in [0.717, 1.165) is 12.0 Å². The van der Waals surface area contributed by atoms with Crippen LogP contribution in [0.2, 0.25) is 10.0 Å². The fourth-order valence-electron chi connectivity index (χ4n) is 2.82. The Morgan fingerprint density at radius 3 is 2.61 bits per heavy atom. The van der Waals surface area contributed by atoms with Crippen molar-refractivity contribution in [3.05, 3.63) is 69.1 Å². The van der Waals surface area contributed by atoms with Crippen LogP contribution < -0.4 is 19.5 Å². The van der Waals surface area contributed by atoms with Crippen molar-refractivity contribution in [3.63, 3.8) is 0 Å². The fourth-order valence-corrected chi connectivity index (χ4v) is 4.42. The van der Waals surface area contributed by atoms with Crippen LogP contribution in [0.3, 0.4) is 0 Å². The number of rotatable bonds is 9. The van der Waals surface area contributed by atoms with E-state index in [1.54, 1.807) is 25.3 Å². The number of carbonyl (C=O) groups excluding carboxylic acids is 1.